The van der Waals surface area contributed by atoms with Crippen molar-refractivity contribution < 1.29 is 19.8 Å². The second-order valence-electron chi connectivity index (χ2n) is 1.99. The van der Waals surface area contributed by atoms with Crippen molar-refractivity contribution in [3.63, 3.8) is 0 Å². The molecule has 4 nitrogen and oxygen atoms in total. The van der Waals surface area contributed by atoms with E-state index in [2.05, 4.69) is 0 Å². The number of carboxylic acids is 2. The van der Waals surface area contributed by atoms with Crippen LogP contribution >= 0.6 is 20.8 Å². The van der Waals surface area contributed by atoms with Crippen LogP contribution in [0, 0.1) is 0 Å². The predicted molar refractivity (Wildman–Crippen MR) is 46.3 cm³/mol. The lowest BCUT2D eigenvalue weighted by atomic mass is 10.4. The Morgan fingerprint density at radius 3 is 1.67 bits per heavy atom. The summed E-state index contributed by atoms with van der Waals surface area (Å²) in [4.78, 5) is 20.8. The Kier molecular flexibility index (Phi) is 2.44. The molecular weight excluding hydrogens is 204 g/mol. The van der Waals surface area contributed by atoms with Gasteiger partial charge in [-0.05, 0) is 12.2 Å². The largest absolute Gasteiger partial charge is 0.477 e. The van der Waals surface area contributed by atoms with Crippen molar-refractivity contribution >= 4 is 32.7 Å². The van der Waals surface area contributed by atoms with Crippen LogP contribution in [-0.2, 0) is 9.59 Å². The van der Waals surface area contributed by atoms with Crippen molar-refractivity contribution in [2.45, 2.75) is 0 Å². The van der Waals surface area contributed by atoms with Crippen LogP contribution in [0.4, 0.5) is 0 Å². The van der Waals surface area contributed by atoms with Crippen LogP contribution in [0.15, 0.2) is 22.0 Å². The van der Waals surface area contributed by atoms with E-state index in [0.29, 0.717) is 0 Å². The molecule has 6 heteroatoms. The van der Waals surface area contributed by atoms with Gasteiger partial charge in [0.2, 0.25) is 0 Å². The highest BCUT2D eigenvalue weighted by molar-refractivity contribution is 8.43. The molecule has 2 N–H and O–H groups in total. The van der Waals surface area contributed by atoms with Crippen LogP contribution in [0.25, 0.3) is 0 Å². The highest BCUT2D eigenvalue weighted by Crippen LogP contribution is 2.51. The molecule has 0 saturated carbocycles. The standard InChI is InChI=1S/C6H5ClO4S/c7-12-3(5(8)9)1-2-4(12)6(10)11/h1-2,12H,(H,8,9)(H,10,11). The lowest BCUT2D eigenvalue weighted by Gasteiger charge is -2.08. The molecule has 0 unspecified atom stereocenters. The summed E-state index contributed by atoms with van der Waals surface area (Å²) in [6.45, 7) is 0. The van der Waals surface area contributed by atoms with E-state index < -0.39 is 22.0 Å². The molecule has 0 spiro atoms. The molecule has 0 amide bonds. The zero-order valence-corrected chi connectivity index (χ0v) is 7.34. The summed E-state index contributed by atoms with van der Waals surface area (Å²) in [6.07, 6.45) is 2.45. The van der Waals surface area contributed by atoms with E-state index in [-0.39, 0.29) is 9.81 Å². The van der Waals surface area contributed by atoms with E-state index >= 15 is 0 Å². The van der Waals surface area contributed by atoms with Crippen molar-refractivity contribution in [1.29, 1.82) is 0 Å². The van der Waals surface area contributed by atoms with Crippen molar-refractivity contribution in [1.82, 2.24) is 0 Å². The monoisotopic (exact) mass is 208 g/mol. The number of halogens is 1. The van der Waals surface area contributed by atoms with Gasteiger partial charge in [-0.1, -0.05) is 10.7 Å². The van der Waals surface area contributed by atoms with Gasteiger partial charge in [0.1, 0.15) is 0 Å². The molecule has 0 radical (unpaired) electrons. The van der Waals surface area contributed by atoms with Gasteiger partial charge in [-0.25, -0.2) is 9.59 Å². The van der Waals surface area contributed by atoms with Gasteiger partial charge < -0.3 is 10.2 Å². The summed E-state index contributed by atoms with van der Waals surface area (Å²) in [5.74, 6) is -2.33. The van der Waals surface area contributed by atoms with Crippen molar-refractivity contribution in [2.75, 3.05) is 0 Å². The number of carbonyl (C=O) groups is 2. The van der Waals surface area contributed by atoms with E-state index in [1.165, 1.54) is 12.2 Å². The van der Waals surface area contributed by atoms with Crippen molar-refractivity contribution in [2.24, 2.45) is 0 Å². The highest BCUT2D eigenvalue weighted by atomic mass is 35.7. The maximum Gasteiger partial charge on any atom is 0.341 e. The Bertz CT molecular complexity index is 277. The second-order valence-corrected chi connectivity index (χ2v) is 4.53. The molecule has 0 aromatic rings. The number of hydrogen-bond donors (Lipinski definition) is 3. The molecule has 1 aliphatic rings. The summed E-state index contributed by atoms with van der Waals surface area (Å²) in [6, 6.07) is 0. The molecule has 1 aliphatic heterocycles. The van der Waals surface area contributed by atoms with Crippen LogP contribution in [0.1, 0.15) is 0 Å². The lowest BCUT2D eigenvalue weighted by Crippen LogP contribution is -2.01. The van der Waals surface area contributed by atoms with Crippen LogP contribution < -0.4 is 0 Å². The van der Waals surface area contributed by atoms with E-state index in [4.69, 9.17) is 20.9 Å². The molecule has 66 valence electrons. The van der Waals surface area contributed by atoms with E-state index in [0.717, 1.165) is 0 Å². The van der Waals surface area contributed by atoms with Crippen molar-refractivity contribution in [3.8, 4) is 0 Å². The summed E-state index contributed by atoms with van der Waals surface area (Å²) in [5.41, 5.74) is 0. The van der Waals surface area contributed by atoms with Gasteiger partial charge in [0.25, 0.3) is 0 Å². The zero-order chi connectivity index (χ0) is 9.30. The van der Waals surface area contributed by atoms with Gasteiger partial charge in [-0.15, -0.1) is 10.1 Å². The first-order valence-electron chi connectivity index (χ1n) is 2.88. The lowest BCUT2D eigenvalue weighted by molar-refractivity contribution is -0.132. The molecular formula is C6H5ClO4S. The molecule has 0 aliphatic carbocycles. The van der Waals surface area contributed by atoms with Crippen LogP contribution in [0.5, 0.6) is 0 Å². The first-order valence-corrected chi connectivity index (χ1v) is 5.13. The number of hydrogen-bond acceptors (Lipinski definition) is 2. The smallest absolute Gasteiger partial charge is 0.341 e. The topological polar surface area (TPSA) is 74.6 Å². The molecule has 0 saturated heterocycles. The van der Waals surface area contributed by atoms with Gasteiger partial charge in [0.05, 0.1) is 9.81 Å². The molecule has 0 bridgehead atoms. The maximum atomic E-state index is 10.4. The average molecular weight is 209 g/mol. The first-order chi connectivity index (χ1) is 5.54. The predicted octanol–water partition coefficient (Wildman–Crippen LogP) is 1.09. The second kappa shape index (κ2) is 3.20. The third kappa shape index (κ3) is 1.46. The van der Waals surface area contributed by atoms with Crippen LogP contribution in [0.2, 0.25) is 0 Å². The van der Waals surface area contributed by atoms with Crippen LogP contribution in [0.3, 0.4) is 0 Å². The van der Waals surface area contributed by atoms with E-state index in [1.807, 2.05) is 0 Å². The molecule has 0 aromatic heterocycles. The summed E-state index contributed by atoms with van der Waals surface area (Å²) < 4.78 is 0. The number of carboxylic acid groups (broad SMARTS) is 2. The van der Waals surface area contributed by atoms with Crippen molar-refractivity contribution in [3.05, 3.63) is 22.0 Å². The minimum absolute atomic E-state index is 0.0379. The molecule has 12 heavy (non-hydrogen) atoms. The Labute approximate surface area is 75.0 Å². The quantitative estimate of drug-likeness (QED) is 0.594. The number of rotatable bonds is 2. The normalized spacial score (nSPS) is 18.6. The molecule has 1 rings (SSSR count). The minimum atomic E-state index is -1.68. The number of aliphatic carboxylic acids is 2. The van der Waals surface area contributed by atoms with Crippen LogP contribution in [-0.4, -0.2) is 22.2 Å². The molecule has 1 heterocycles. The van der Waals surface area contributed by atoms with Gasteiger partial charge in [-0.3, -0.25) is 0 Å². The number of allylic oxidation sites excluding steroid dienone is 2. The first kappa shape index (κ1) is 9.15. The Morgan fingerprint density at radius 1 is 1.17 bits per heavy atom. The molecule has 0 aromatic carbocycles. The van der Waals surface area contributed by atoms with Gasteiger partial charge >= 0.3 is 11.9 Å². The SMILES string of the molecule is O=C(O)C1=CC=C(C(=O)O)[SH]1Cl. The van der Waals surface area contributed by atoms with Gasteiger partial charge in [-0.2, -0.15) is 0 Å². The third-order valence-corrected chi connectivity index (χ3v) is 3.88. The summed E-state index contributed by atoms with van der Waals surface area (Å²) in [7, 11) is 3.93. The number of thiol groups is 1. The highest BCUT2D eigenvalue weighted by Gasteiger charge is 2.26. The average Bonchev–Trinajstić information content (AvgIpc) is 2.30. The van der Waals surface area contributed by atoms with Gasteiger partial charge in [0.15, 0.2) is 0 Å². The fraction of sp³-hybridized carbons (Fsp3) is 0. The molecule has 0 atom stereocenters. The summed E-state index contributed by atoms with van der Waals surface area (Å²) in [5, 5.41) is 17.0. The Hall–Kier alpha value is -0.940. The van der Waals surface area contributed by atoms with E-state index in [9.17, 15) is 9.59 Å². The molecule has 0 fully saturated rings. The van der Waals surface area contributed by atoms with E-state index in [1.54, 1.807) is 0 Å². The maximum absolute atomic E-state index is 10.4. The summed E-state index contributed by atoms with van der Waals surface area (Å²) >= 11 is 0. The minimum Gasteiger partial charge on any atom is -0.477 e. The Morgan fingerprint density at radius 2 is 1.50 bits per heavy atom. The third-order valence-electron chi connectivity index (χ3n) is 1.26. The zero-order valence-electron chi connectivity index (χ0n) is 5.69. The van der Waals surface area contributed by atoms with Gasteiger partial charge in [0, 0.05) is 0 Å². The fourth-order valence-electron chi connectivity index (χ4n) is 0.729. The fourth-order valence-corrected chi connectivity index (χ4v) is 2.51. The Balaban J connectivity index is 2.86.